The Hall–Kier alpha value is -2.12. The molecule has 122 valence electrons. The molecule has 1 atom stereocenters. The summed E-state index contributed by atoms with van der Waals surface area (Å²) in [6.07, 6.45) is 0.664. The number of quaternary nitrogens is 2. The number of rotatable bonds is 10. The van der Waals surface area contributed by atoms with Crippen LogP contribution in [0, 0.1) is 0 Å². The summed E-state index contributed by atoms with van der Waals surface area (Å²) in [6, 6.07) is 6.03. The van der Waals surface area contributed by atoms with Gasteiger partial charge in [-0.3, -0.25) is 4.79 Å². The van der Waals surface area contributed by atoms with Gasteiger partial charge in [-0.15, -0.1) is 0 Å². The summed E-state index contributed by atoms with van der Waals surface area (Å²) < 4.78 is 5.31. The van der Waals surface area contributed by atoms with Crippen LogP contribution in [0.15, 0.2) is 24.3 Å². The third-order valence-corrected chi connectivity index (χ3v) is 3.06. The molecule has 22 heavy (non-hydrogen) atoms. The number of amides is 1. The van der Waals surface area contributed by atoms with Gasteiger partial charge >= 0.3 is 0 Å². The minimum Gasteiger partial charge on any atom is -0.544 e. The number of carboxylic acids is 1. The molecule has 0 unspecified atom stereocenters. The van der Waals surface area contributed by atoms with Gasteiger partial charge < -0.3 is 31.0 Å². The van der Waals surface area contributed by atoms with Gasteiger partial charge in [-0.1, -0.05) is 0 Å². The molecule has 1 amide bonds. The Labute approximate surface area is 129 Å². The number of anilines is 1. The molecular formula is C15H24N3O4+. The van der Waals surface area contributed by atoms with Crippen LogP contribution >= 0.6 is 0 Å². The van der Waals surface area contributed by atoms with E-state index in [9.17, 15) is 14.7 Å². The quantitative estimate of drug-likeness (QED) is 0.422. The fraction of sp³-hybridized carbons (Fsp3) is 0.467. The van der Waals surface area contributed by atoms with Gasteiger partial charge in [0.15, 0.2) is 0 Å². The molecule has 0 aliphatic heterocycles. The molecule has 0 radical (unpaired) electrons. The molecule has 0 heterocycles. The second kappa shape index (κ2) is 9.75. The van der Waals surface area contributed by atoms with Gasteiger partial charge in [-0.25, -0.2) is 0 Å². The molecule has 1 rings (SSSR count). The summed E-state index contributed by atoms with van der Waals surface area (Å²) in [6.45, 7) is 3.80. The van der Waals surface area contributed by atoms with Crippen molar-refractivity contribution >= 4 is 17.6 Å². The van der Waals surface area contributed by atoms with Crippen LogP contribution in [0.4, 0.5) is 5.69 Å². The highest BCUT2D eigenvalue weighted by Crippen LogP contribution is 2.15. The van der Waals surface area contributed by atoms with E-state index in [4.69, 9.17) is 4.74 Å². The number of benzene rings is 1. The number of hydrogen-bond donors (Lipinski definition) is 3. The van der Waals surface area contributed by atoms with E-state index in [0.717, 1.165) is 18.7 Å². The van der Waals surface area contributed by atoms with E-state index >= 15 is 0 Å². The van der Waals surface area contributed by atoms with Gasteiger partial charge in [0.25, 0.3) is 0 Å². The van der Waals surface area contributed by atoms with Gasteiger partial charge in [0, 0.05) is 12.1 Å². The first-order chi connectivity index (χ1) is 10.6. The summed E-state index contributed by atoms with van der Waals surface area (Å²) in [5.41, 5.74) is 4.29. The van der Waals surface area contributed by atoms with Crippen molar-refractivity contribution in [1.29, 1.82) is 0 Å². The van der Waals surface area contributed by atoms with Crippen LogP contribution in [0.25, 0.3) is 0 Å². The topological polar surface area (TPSA) is 123 Å². The number of nitrogens with one attached hydrogen (secondary N) is 1. The van der Waals surface area contributed by atoms with Gasteiger partial charge in [-0.2, -0.15) is 0 Å². The molecule has 0 bridgehead atoms. The van der Waals surface area contributed by atoms with Crippen molar-refractivity contribution in [3.8, 4) is 5.75 Å². The summed E-state index contributed by atoms with van der Waals surface area (Å²) in [4.78, 5) is 22.9. The van der Waals surface area contributed by atoms with Crippen molar-refractivity contribution in [2.45, 2.75) is 25.8 Å². The average Bonchev–Trinajstić information content (AvgIpc) is 2.48. The fourth-order valence-electron chi connectivity index (χ4n) is 1.94. The number of hydrogen-bond acceptors (Lipinski definition) is 4. The minimum absolute atomic E-state index is 0.132. The number of carbonyl (C=O) groups is 2. The first-order valence-corrected chi connectivity index (χ1v) is 7.43. The van der Waals surface area contributed by atoms with Crippen molar-refractivity contribution < 1.29 is 30.5 Å². The lowest BCUT2D eigenvalue weighted by atomic mass is 10.2. The van der Waals surface area contributed by atoms with E-state index in [0.29, 0.717) is 18.8 Å². The minimum atomic E-state index is -1.23. The first kappa shape index (κ1) is 17.9. The predicted molar refractivity (Wildman–Crippen MR) is 78.8 cm³/mol. The van der Waals surface area contributed by atoms with Crippen LogP contribution in [0.3, 0.4) is 0 Å². The molecular weight excluding hydrogens is 286 g/mol. The van der Waals surface area contributed by atoms with E-state index in [1.807, 2.05) is 6.92 Å². The van der Waals surface area contributed by atoms with E-state index in [1.165, 1.54) is 0 Å². The number of aliphatic carboxylic acids is 1. The van der Waals surface area contributed by atoms with Crippen LogP contribution in [0.5, 0.6) is 5.75 Å². The Morgan fingerprint density at radius 3 is 2.59 bits per heavy atom. The first-order valence-electron chi connectivity index (χ1n) is 7.43. The third-order valence-electron chi connectivity index (χ3n) is 3.06. The van der Waals surface area contributed by atoms with Crippen LogP contribution < -0.4 is 26.2 Å². The highest BCUT2D eigenvalue weighted by atomic mass is 16.5. The van der Waals surface area contributed by atoms with Crippen molar-refractivity contribution in [2.75, 3.05) is 25.0 Å². The number of nitrogens with two attached hydrogens (primary N) is 1. The molecule has 0 aliphatic rings. The maximum atomic E-state index is 11.9. The van der Waals surface area contributed by atoms with Crippen molar-refractivity contribution in [3.05, 3.63) is 24.3 Å². The number of ether oxygens (including phenoxy) is 1. The second-order valence-electron chi connectivity index (χ2n) is 4.87. The normalized spacial score (nSPS) is 11.7. The molecule has 1 aromatic rings. The molecule has 6 N–H and O–H groups in total. The van der Waals surface area contributed by atoms with Crippen LogP contribution in [-0.4, -0.2) is 37.6 Å². The molecule has 0 saturated carbocycles. The predicted octanol–water partition coefficient (Wildman–Crippen LogP) is -2.27. The molecule has 7 heteroatoms. The number of carbonyl (C=O) groups excluding carboxylic acids is 2. The lowest BCUT2D eigenvalue weighted by Gasteiger charge is -2.16. The average molecular weight is 310 g/mol. The van der Waals surface area contributed by atoms with Crippen molar-refractivity contribution in [3.63, 3.8) is 0 Å². The smallest absolute Gasteiger partial charge is 0.230 e. The zero-order valence-electron chi connectivity index (χ0n) is 12.8. The molecule has 7 nitrogen and oxygen atoms in total. The Balaban J connectivity index is 2.50. The summed E-state index contributed by atoms with van der Waals surface area (Å²) >= 11 is 0. The SMILES string of the molecule is CCOc1ccc(NC(=O)C[C@@H]([NH2+]CCC[NH3+])C(=O)[O-])cc1. The van der Waals surface area contributed by atoms with E-state index in [-0.39, 0.29) is 12.3 Å². The summed E-state index contributed by atoms with van der Waals surface area (Å²) in [5, 5.41) is 15.3. The molecule has 0 spiro atoms. The molecule has 0 fully saturated rings. The second-order valence-corrected chi connectivity index (χ2v) is 4.87. The van der Waals surface area contributed by atoms with Gasteiger partial charge in [0.2, 0.25) is 5.91 Å². The van der Waals surface area contributed by atoms with E-state index in [2.05, 4.69) is 11.1 Å². The standard InChI is InChI=1S/C15H23N3O4/c1-2-22-12-6-4-11(5-7-12)18-14(19)10-13(15(20)21)17-9-3-8-16/h4-7,13,17H,2-3,8-10,16H2,1H3,(H,18,19)(H,20,21)/p+1/t13-/m1/s1. The van der Waals surface area contributed by atoms with Crippen molar-refractivity contribution in [1.82, 2.24) is 0 Å². The Morgan fingerprint density at radius 2 is 2.05 bits per heavy atom. The molecule has 0 aromatic heterocycles. The monoisotopic (exact) mass is 310 g/mol. The Bertz CT molecular complexity index is 476. The zero-order valence-corrected chi connectivity index (χ0v) is 12.8. The van der Waals surface area contributed by atoms with E-state index < -0.39 is 12.0 Å². The maximum Gasteiger partial charge on any atom is 0.230 e. The van der Waals surface area contributed by atoms with Gasteiger partial charge in [0.05, 0.1) is 32.1 Å². The maximum absolute atomic E-state index is 11.9. The zero-order chi connectivity index (χ0) is 16.4. The number of carboxylic acid groups (broad SMARTS) is 1. The molecule has 0 saturated heterocycles. The molecule has 0 aliphatic carbocycles. The third kappa shape index (κ3) is 6.55. The lowest BCUT2D eigenvalue weighted by molar-refractivity contribution is -0.684. The summed E-state index contributed by atoms with van der Waals surface area (Å²) in [7, 11) is 0. The Morgan fingerprint density at radius 1 is 1.36 bits per heavy atom. The van der Waals surface area contributed by atoms with Gasteiger partial charge in [-0.05, 0) is 31.2 Å². The molecule has 1 aromatic carbocycles. The highest BCUT2D eigenvalue weighted by Gasteiger charge is 2.18. The Kier molecular flexibility index (Phi) is 7.95. The fourth-order valence-corrected chi connectivity index (χ4v) is 1.94. The van der Waals surface area contributed by atoms with Crippen LogP contribution in [0.1, 0.15) is 19.8 Å². The lowest BCUT2D eigenvalue weighted by Crippen LogP contribution is -2.93. The van der Waals surface area contributed by atoms with E-state index in [1.54, 1.807) is 29.6 Å². The largest absolute Gasteiger partial charge is 0.544 e. The van der Waals surface area contributed by atoms with Crippen LogP contribution in [-0.2, 0) is 9.59 Å². The van der Waals surface area contributed by atoms with Gasteiger partial charge in [0.1, 0.15) is 11.8 Å². The van der Waals surface area contributed by atoms with Crippen molar-refractivity contribution in [2.24, 2.45) is 0 Å². The highest BCUT2D eigenvalue weighted by molar-refractivity contribution is 5.93. The van der Waals surface area contributed by atoms with Crippen LogP contribution in [0.2, 0.25) is 0 Å². The summed E-state index contributed by atoms with van der Waals surface area (Å²) in [5.74, 6) is -0.871.